The van der Waals surface area contributed by atoms with Crippen molar-refractivity contribution >= 4 is 17.5 Å². The monoisotopic (exact) mass is 287 g/mol. The van der Waals surface area contributed by atoms with Gasteiger partial charge in [0.25, 0.3) is 5.91 Å². The highest BCUT2D eigenvalue weighted by atomic mass is 35.5. The summed E-state index contributed by atoms with van der Waals surface area (Å²) in [5.74, 6) is -1.26. The van der Waals surface area contributed by atoms with Crippen molar-refractivity contribution in [2.75, 3.05) is 5.88 Å². The second-order valence-corrected chi connectivity index (χ2v) is 5.32. The van der Waals surface area contributed by atoms with Crippen molar-refractivity contribution in [3.8, 4) is 0 Å². The molecule has 2 unspecified atom stereocenters. The lowest BCUT2D eigenvalue weighted by atomic mass is 10.0. The van der Waals surface area contributed by atoms with Crippen LogP contribution in [0.5, 0.6) is 0 Å². The van der Waals surface area contributed by atoms with Crippen LogP contribution in [0, 0.1) is 24.5 Å². The number of carbonyl (C=O) groups is 1. The van der Waals surface area contributed by atoms with Crippen molar-refractivity contribution in [2.45, 2.75) is 32.2 Å². The van der Waals surface area contributed by atoms with Gasteiger partial charge >= 0.3 is 0 Å². The van der Waals surface area contributed by atoms with Gasteiger partial charge in [-0.3, -0.25) is 4.79 Å². The van der Waals surface area contributed by atoms with E-state index in [4.69, 9.17) is 11.6 Å². The van der Waals surface area contributed by atoms with Crippen molar-refractivity contribution in [2.24, 2.45) is 5.92 Å². The number of hydrogen-bond donors (Lipinski definition) is 1. The van der Waals surface area contributed by atoms with E-state index in [0.717, 1.165) is 25.3 Å². The van der Waals surface area contributed by atoms with E-state index >= 15 is 0 Å². The summed E-state index contributed by atoms with van der Waals surface area (Å²) in [6.07, 6.45) is 2.83. The number of rotatable bonds is 3. The summed E-state index contributed by atoms with van der Waals surface area (Å²) in [5, 5.41) is 2.80. The Balaban J connectivity index is 2.14. The first-order valence-corrected chi connectivity index (χ1v) is 6.89. The largest absolute Gasteiger partial charge is 0.349 e. The number of alkyl halides is 1. The SMILES string of the molecule is Cc1cc(C(=O)NC2CCCC2CCl)c(F)cc1F. The van der Waals surface area contributed by atoms with E-state index < -0.39 is 17.5 Å². The van der Waals surface area contributed by atoms with Crippen LogP contribution in [0.4, 0.5) is 8.78 Å². The van der Waals surface area contributed by atoms with Crippen LogP contribution in [0.3, 0.4) is 0 Å². The predicted octanol–water partition coefficient (Wildman–Crippen LogP) is 3.41. The van der Waals surface area contributed by atoms with Crippen LogP contribution in [0.15, 0.2) is 12.1 Å². The molecule has 1 amide bonds. The molecule has 1 aromatic rings. The van der Waals surface area contributed by atoms with Gasteiger partial charge in [0.05, 0.1) is 5.56 Å². The van der Waals surface area contributed by atoms with E-state index in [0.29, 0.717) is 5.88 Å². The zero-order valence-electron chi connectivity index (χ0n) is 10.7. The van der Waals surface area contributed by atoms with Crippen LogP contribution >= 0.6 is 11.6 Å². The topological polar surface area (TPSA) is 29.1 Å². The van der Waals surface area contributed by atoms with Crippen molar-refractivity contribution in [1.82, 2.24) is 5.32 Å². The minimum Gasteiger partial charge on any atom is -0.349 e. The Morgan fingerprint density at radius 2 is 2.11 bits per heavy atom. The van der Waals surface area contributed by atoms with E-state index in [-0.39, 0.29) is 23.1 Å². The lowest BCUT2D eigenvalue weighted by Gasteiger charge is -2.19. The van der Waals surface area contributed by atoms with Crippen LogP contribution in [0.2, 0.25) is 0 Å². The molecule has 0 aromatic heterocycles. The van der Waals surface area contributed by atoms with Crippen LogP contribution in [0.1, 0.15) is 35.2 Å². The molecule has 1 saturated carbocycles. The minimum atomic E-state index is -0.832. The number of benzene rings is 1. The fourth-order valence-electron chi connectivity index (χ4n) is 2.49. The highest BCUT2D eigenvalue weighted by Crippen LogP contribution is 2.27. The summed E-state index contributed by atoms with van der Waals surface area (Å²) in [5.41, 5.74) is 0.144. The van der Waals surface area contributed by atoms with Gasteiger partial charge in [-0.2, -0.15) is 0 Å². The first kappa shape index (κ1) is 14.3. The number of aryl methyl sites for hydroxylation is 1. The van der Waals surface area contributed by atoms with Gasteiger partial charge in [-0.05, 0) is 37.3 Å². The molecule has 5 heteroatoms. The molecule has 0 radical (unpaired) electrons. The normalized spacial score (nSPS) is 22.5. The Hall–Kier alpha value is -1.16. The van der Waals surface area contributed by atoms with Crippen molar-refractivity contribution in [3.05, 3.63) is 34.9 Å². The molecule has 0 aliphatic heterocycles. The van der Waals surface area contributed by atoms with Crippen LogP contribution in [0.25, 0.3) is 0 Å². The van der Waals surface area contributed by atoms with Gasteiger partial charge in [0, 0.05) is 18.0 Å². The Bertz CT molecular complexity index is 493. The molecule has 2 atom stereocenters. The summed E-state index contributed by atoms with van der Waals surface area (Å²) < 4.78 is 26.8. The second-order valence-electron chi connectivity index (χ2n) is 5.01. The first-order chi connectivity index (χ1) is 9.02. The number of halogens is 3. The summed E-state index contributed by atoms with van der Waals surface area (Å²) >= 11 is 5.83. The van der Waals surface area contributed by atoms with Crippen molar-refractivity contribution in [1.29, 1.82) is 0 Å². The van der Waals surface area contributed by atoms with Crippen molar-refractivity contribution < 1.29 is 13.6 Å². The molecule has 1 fully saturated rings. The van der Waals surface area contributed by atoms with Gasteiger partial charge < -0.3 is 5.32 Å². The number of amides is 1. The molecule has 0 saturated heterocycles. The van der Waals surface area contributed by atoms with E-state index in [1.54, 1.807) is 0 Å². The molecule has 1 aromatic carbocycles. The third-order valence-electron chi connectivity index (χ3n) is 3.67. The Morgan fingerprint density at radius 1 is 1.37 bits per heavy atom. The summed E-state index contributed by atoms with van der Waals surface area (Å²) in [7, 11) is 0. The molecule has 0 bridgehead atoms. The third-order valence-corrected chi connectivity index (χ3v) is 4.06. The lowest BCUT2D eigenvalue weighted by Crippen LogP contribution is -2.38. The van der Waals surface area contributed by atoms with Gasteiger partial charge in [0.15, 0.2) is 0 Å². The fraction of sp³-hybridized carbons (Fsp3) is 0.500. The molecule has 19 heavy (non-hydrogen) atoms. The van der Waals surface area contributed by atoms with Gasteiger partial charge in [-0.25, -0.2) is 8.78 Å². The average Bonchev–Trinajstić information content (AvgIpc) is 2.80. The first-order valence-electron chi connectivity index (χ1n) is 6.35. The second kappa shape index (κ2) is 5.87. The molecule has 1 aliphatic carbocycles. The zero-order valence-corrected chi connectivity index (χ0v) is 11.4. The van der Waals surface area contributed by atoms with Crippen LogP contribution in [-0.4, -0.2) is 17.8 Å². The minimum absolute atomic E-state index is 0.0187. The summed E-state index contributed by atoms with van der Waals surface area (Å²) in [4.78, 5) is 12.0. The van der Waals surface area contributed by atoms with Crippen LogP contribution < -0.4 is 5.32 Å². The predicted molar refractivity (Wildman–Crippen MR) is 70.4 cm³/mol. The number of hydrogen-bond acceptors (Lipinski definition) is 1. The standard InChI is InChI=1S/C14H16ClF2NO/c1-8-5-10(12(17)6-11(8)16)14(19)18-13-4-2-3-9(13)7-15/h5-6,9,13H,2-4,7H2,1H3,(H,18,19). The Kier molecular flexibility index (Phi) is 4.40. The zero-order chi connectivity index (χ0) is 14.0. The van der Waals surface area contributed by atoms with E-state index in [1.165, 1.54) is 13.0 Å². The molecule has 2 rings (SSSR count). The van der Waals surface area contributed by atoms with Crippen molar-refractivity contribution in [3.63, 3.8) is 0 Å². The van der Waals surface area contributed by atoms with Gasteiger partial charge in [-0.15, -0.1) is 11.6 Å². The molecule has 2 nitrogen and oxygen atoms in total. The highest BCUT2D eigenvalue weighted by Gasteiger charge is 2.28. The maximum atomic E-state index is 13.6. The summed E-state index contributed by atoms with van der Waals surface area (Å²) in [6, 6.07) is 1.97. The van der Waals surface area contributed by atoms with Gasteiger partial charge in [0.2, 0.25) is 0 Å². The van der Waals surface area contributed by atoms with Gasteiger partial charge in [0.1, 0.15) is 11.6 Å². The average molecular weight is 288 g/mol. The van der Waals surface area contributed by atoms with Crippen LogP contribution in [-0.2, 0) is 0 Å². The number of nitrogens with one attached hydrogen (secondary N) is 1. The molecule has 1 N–H and O–H groups in total. The molecule has 104 valence electrons. The lowest BCUT2D eigenvalue weighted by molar-refractivity contribution is 0.0926. The molecule has 0 spiro atoms. The maximum absolute atomic E-state index is 13.6. The third kappa shape index (κ3) is 3.06. The summed E-state index contributed by atoms with van der Waals surface area (Å²) in [6.45, 7) is 1.50. The molecule has 1 aliphatic rings. The smallest absolute Gasteiger partial charge is 0.254 e. The quantitative estimate of drug-likeness (QED) is 0.848. The molecular weight excluding hydrogens is 272 g/mol. The Morgan fingerprint density at radius 3 is 2.79 bits per heavy atom. The maximum Gasteiger partial charge on any atom is 0.254 e. The van der Waals surface area contributed by atoms with E-state index in [2.05, 4.69) is 5.32 Å². The van der Waals surface area contributed by atoms with E-state index in [9.17, 15) is 13.6 Å². The molecular formula is C14H16ClF2NO. The molecule has 0 heterocycles. The Labute approximate surface area is 116 Å². The fourth-order valence-corrected chi connectivity index (χ4v) is 2.86. The number of carbonyl (C=O) groups excluding carboxylic acids is 1. The van der Waals surface area contributed by atoms with Gasteiger partial charge in [-0.1, -0.05) is 6.42 Å². The highest BCUT2D eigenvalue weighted by molar-refractivity contribution is 6.18. The van der Waals surface area contributed by atoms with E-state index in [1.807, 2.05) is 0 Å².